The number of anilines is 2. The van der Waals surface area contributed by atoms with Crippen LogP contribution in [0.1, 0.15) is 53.2 Å². The highest BCUT2D eigenvalue weighted by atomic mass is 32.1. The van der Waals surface area contributed by atoms with Crippen LogP contribution in [0.2, 0.25) is 0 Å². The summed E-state index contributed by atoms with van der Waals surface area (Å²) in [6, 6.07) is 5.89. The van der Waals surface area contributed by atoms with E-state index < -0.39 is 5.92 Å². The average Bonchev–Trinajstić information content (AvgIpc) is 3.20. The number of thiazole rings is 1. The molecule has 152 valence electrons. The second-order valence-corrected chi connectivity index (χ2v) is 9.90. The minimum absolute atomic E-state index is 0.0521. The van der Waals surface area contributed by atoms with Crippen LogP contribution in [-0.4, -0.2) is 29.1 Å². The van der Waals surface area contributed by atoms with Gasteiger partial charge in [0.05, 0.1) is 16.5 Å². The van der Waals surface area contributed by atoms with E-state index in [4.69, 9.17) is 0 Å². The lowest BCUT2D eigenvalue weighted by molar-refractivity contribution is -0.122. The van der Waals surface area contributed by atoms with Gasteiger partial charge in [0.15, 0.2) is 10.9 Å². The zero-order chi connectivity index (χ0) is 20.9. The van der Waals surface area contributed by atoms with Gasteiger partial charge in [-0.15, -0.1) is 0 Å². The smallest absolute Gasteiger partial charge is 0.231 e. The molecule has 1 N–H and O–H groups in total. The Balaban J connectivity index is 1.47. The number of hydrogen-bond donors (Lipinski definition) is 1. The van der Waals surface area contributed by atoms with Crippen LogP contribution in [0.15, 0.2) is 18.2 Å². The first-order valence-corrected chi connectivity index (χ1v) is 10.7. The van der Waals surface area contributed by atoms with E-state index in [1.807, 2.05) is 32.0 Å². The van der Waals surface area contributed by atoms with E-state index >= 15 is 0 Å². The third-order valence-electron chi connectivity index (χ3n) is 5.76. The highest BCUT2D eigenvalue weighted by Crippen LogP contribution is 2.38. The van der Waals surface area contributed by atoms with Gasteiger partial charge in [-0.25, -0.2) is 4.98 Å². The lowest BCUT2D eigenvalue weighted by Gasteiger charge is -2.26. The van der Waals surface area contributed by atoms with Crippen LogP contribution >= 0.6 is 11.3 Å². The van der Waals surface area contributed by atoms with E-state index in [0.29, 0.717) is 23.0 Å². The Hall–Kier alpha value is -2.54. The molecule has 2 aliphatic rings. The van der Waals surface area contributed by atoms with E-state index in [0.717, 1.165) is 23.4 Å². The highest BCUT2D eigenvalue weighted by Gasteiger charge is 2.37. The van der Waals surface area contributed by atoms with Crippen molar-refractivity contribution < 1.29 is 14.4 Å². The van der Waals surface area contributed by atoms with Gasteiger partial charge in [0.1, 0.15) is 0 Å². The predicted molar refractivity (Wildman–Crippen MR) is 114 cm³/mol. The molecular formula is C22H25N3O3S. The maximum atomic E-state index is 12.8. The average molecular weight is 412 g/mol. The van der Waals surface area contributed by atoms with E-state index in [1.54, 1.807) is 4.90 Å². The Labute approximate surface area is 174 Å². The Kier molecular flexibility index (Phi) is 4.81. The van der Waals surface area contributed by atoms with Gasteiger partial charge in [0.25, 0.3) is 0 Å². The van der Waals surface area contributed by atoms with Crippen LogP contribution in [0.25, 0.3) is 0 Å². The Bertz CT molecular complexity index is 1020. The van der Waals surface area contributed by atoms with Gasteiger partial charge in [-0.3, -0.25) is 14.4 Å². The fraction of sp³-hybridized carbons (Fsp3) is 0.455. The van der Waals surface area contributed by atoms with Crippen LogP contribution in [0.4, 0.5) is 10.8 Å². The molecule has 1 aliphatic heterocycles. The zero-order valence-electron chi connectivity index (χ0n) is 17.2. The van der Waals surface area contributed by atoms with Crippen molar-refractivity contribution >= 4 is 39.8 Å². The Morgan fingerprint density at radius 1 is 1.21 bits per heavy atom. The molecule has 1 unspecified atom stereocenters. The largest absolute Gasteiger partial charge is 0.312 e. The summed E-state index contributed by atoms with van der Waals surface area (Å²) in [5.74, 6) is -0.616. The monoisotopic (exact) mass is 411 g/mol. The number of ketones is 1. The zero-order valence-corrected chi connectivity index (χ0v) is 18.0. The summed E-state index contributed by atoms with van der Waals surface area (Å²) in [6.07, 6.45) is 1.40. The van der Waals surface area contributed by atoms with Crippen molar-refractivity contribution in [3.8, 4) is 0 Å². The molecule has 1 atom stereocenters. The van der Waals surface area contributed by atoms with Gasteiger partial charge < -0.3 is 10.2 Å². The minimum Gasteiger partial charge on any atom is -0.312 e. The maximum absolute atomic E-state index is 12.8. The van der Waals surface area contributed by atoms with Crippen molar-refractivity contribution in [3.63, 3.8) is 0 Å². The first kappa shape index (κ1) is 19.8. The van der Waals surface area contributed by atoms with Gasteiger partial charge in [0.2, 0.25) is 11.8 Å². The molecule has 6 nitrogen and oxygen atoms in total. The summed E-state index contributed by atoms with van der Waals surface area (Å²) < 4.78 is 0. The molecule has 2 amide bonds. The summed E-state index contributed by atoms with van der Waals surface area (Å²) in [4.78, 5) is 44.4. The van der Waals surface area contributed by atoms with Crippen LogP contribution < -0.4 is 10.2 Å². The van der Waals surface area contributed by atoms with Crippen molar-refractivity contribution in [2.24, 2.45) is 11.3 Å². The molecular weight excluding hydrogens is 386 g/mol. The predicted octanol–water partition coefficient (Wildman–Crippen LogP) is 3.91. The van der Waals surface area contributed by atoms with E-state index in [9.17, 15) is 14.4 Å². The topological polar surface area (TPSA) is 79.4 Å². The van der Waals surface area contributed by atoms with Crippen molar-refractivity contribution in [2.45, 2.75) is 47.0 Å². The molecule has 1 aromatic carbocycles. The van der Waals surface area contributed by atoms with E-state index in [1.165, 1.54) is 16.9 Å². The molecule has 0 spiro atoms. The molecule has 1 aliphatic carbocycles. The molecule has 2 heterocycles. The van der Waals surface area contributed by atoms with Gasteiger partial charge in [-0.2, -0.15) is 0 Å². The van der Waals surface area contributed by atoms with Gasteiger partial charge in [-0.1, -0.05) is 31.3 Å². The molecule has 0 saturated carbocycles. The van der Waals surface area contributed by atoms with Crippen LogP contribution in [0, 0.1) is 25.2 Å². The van der Waals surface area contributed by atoms with E-state index in [-0.39, 0.29) is 29.4 Å². The summed E-state index contributed by atoms with van der Waals surface area (Å²) in [5.41, 5.74) is 3.77. The first-order valence-electron chi connectivity index (χ1n) is 9.84. The second-order valence-electron chi connectivity index (χ2n) is 8.90. The van der Waals surface area contributed by atoms with Crippen molar-refractivity contribution in [1.29, 1.82) is 0 Å². The molecule has 1 saturated heterocycles. The lowest BCUT2D eigenvalue weighted by Crippen LogP contribution is -2.28. The number of amides is 2. The molecule has 7 heteroatoms. The summed E-state index contributed by atoms with van der Waals surface area (Å²) in [5, 5.41) is 3.29. The lowest BCUT2D eigenvalue weighted by atomic mass is 9.78. The summed E-state index contributed by atoms with van der Waals surface area (Å²) in [7, 11) is 0. The molecule has 2 aromatic rings. The maximum Gasteiger partial charge on any atom is 0.231 e. The number of carbonyl (C=O) groups is 3. The molecule has 1 fully saturated rings. The number of nitrogens with zero attached hydrogens (tertiary/aromatic N) is 2. The third-order valence-corrected chi connectivity index (χ3v) is 6.82. The van der Waals surface area contributed by atoms with Gasteiger partial charge >= 0.3 is 0 Å². The Morgan fingerprint density at radius 2 is 1.97 bits per heavy atom. The molecule has 0 bridgehead atoms. The molecule has 1 aromatic heterocycles. The van der Waals surface area contributed by atoms with Crippen molar-refractivity contribution in [1.82, 2.24) is 4.98 Å². The number of Topliss-reactive ketones (excluding diaryl/α,β-unsaturated/α-hetero) is 1. The summed E-state index contributed by atoms with van der Waals surface area (Å²) >= 11 is 1.24. The quantitative estimate of drug-likeness (QED) is 0.831. The third kappa shape index (κ3) is 3.83. The molecule has 29 heavy (non-hydrogen) atoms. The fourth-order valence-electron chi connectivity index (χ4n) is 4.01. The Morgan fingerprint density at radius 3 is 2.69 bits per heavy atom. The van der Waals surface area contributed by atoms with Gasteiger partial charge in [0, 0.05) is 25.1 Å². The summed E-state index contributed by atoms with van der Waals surface area (Å²) in [6.45, 7) is 8.50. The number of hydrogen-bond acceptors (Lipinski definition) is 5. The van der Waals surface area contributed by atoms with Crippen molar-refractivity contribution in [3.05, 3.63) is 39.9 Å². The molecule has 4 rings (SSSR count). The minimum atomic E-state index is -0.433. The fourth-order valence-corrected chi connectivity index (χ4v) is 4.93. The van der Waals surface area contributed by atoms with Crippen LogP contribution in [0.5, 0.6) is 0 Å². The first-order chi connectivity index (χ1) is 13.6. The highest BCUT2D eigenvalue weighted by molar-refractivity contribution is 7.17. The standard InChI is InChI=1S/C22H25N3O3S/c1-12-5-6-15(7-13(12)2)25-11-14(8-18(25)27)20(28)24-21-23-16-9-22(3,4)10-17(26)19(16)29-21/h5-7,14H,8-11H2,1-4H3,(H,23,24,28). The SMILES string of the molecule is Cc1ccc(N2CC(C(=O)Nc3nc4c(s3)C(=O)CC(C)(C)C4)CC2=O)cc1C. The number of rotatable bonds is 3. The van der Waals surface area contributed by atoms with Crippen molar-refractivity contribution in [2.75, 3.05) is 16.8 Å². The number of benzene rings is 1. The van der Waals surface area contributed by atoms with Crippen LogP contribution in [-0.2, 0) is 16.0 Å². The number of nitrogens with one attached hydrogen (secondary N) is 1. The molecule has 0 radical (unpaired) electrons. The number of aromatic nitrogens is 1. The normalized spacial score (nSPS) is 20.7. The van der Waals surface area contributed by atoms with E-state index in [2.05, 4.69) is 24.1 Å². The van der Waals surface area contributed by atoms with Crippen LogP contribution in [0.3, 0.4) is 0 Å². The number of aryl methyl sites for hydroxylation is 2. The second kappa shape index (κ2) is 7.06. The number of fused-ring (bicyclic) bond motifs is 1. The number of carbonyl (C=O) groups excluding carboxylic acids is 3. The van der Waals surface area contributed by atoms with Gasteiger partial charge in [-0.05, 0) is 48.9 Å².